The van der Waals surface area contributed by atoms with Crippen molar-refractivity contribution in [3.63, 3.8) is 0 Å². The highest BCUT2D eigenvalue weighted by molar-refractivity contribution is 6.31. The number of hydrogen-bond acceptors (Lipinski definition) is 2. The minimum atomic E-state index is 0.617. The molecule has 21 heavy (non-hydrogen) atoms. The SMILES string of the molecule is Cc1c(Cl)cccc1NC1C2CCCC1CN(C(C)C)C2. The van der Waals surface area contributed by atoms with Crippen LogP contribution in [0.1, 0.15) is 38.7 Å². The van der Waals surface area contributed by atoms with Crippen LogP contribution in [0.4, 0.5) is 5.69 Å². The Morgan fingerprint density at radius 1 is 1.19 bits per heavy atom. The van der Waals surface area contributed by atoms with E-state index in [0.717, 1.165) is 16.9 Å². The fraction of sp³-hybridized carbons (Fsp3) is 0.667. The molecule has 116 valence electrons. The molecule has 2 nitrogen and oxygen atoms in total. The Morgan fingerprint density at radius 2 is 1.86 bits per heavy atom. The van der Waals surface area contributed by atoms with Gasteiger partial charge in [-0.2, -0.15) is 0 Å². The van der Waals surface area contributed by atoms with Crippen LogP contribution in [0.3, 0.4) is 0 Å². The molecule has 1 saturated heterocycles. The molecule has 1 aromatic carbocycles. The van der Waals surface area contributed by atoms with E-state index in [1.807, 2.05) is 6.07 Å². The van der Waals surface area contributed by atoms with E-state index in [2.05, 4.69) is 43.1 Å². The Hall–Kier alpha value is -0.730. The van der Waals surface area contributed by atoms with E-state index in [1.165, 1.54) is 43.6 Å². The molecule has 0 radical (unpaired) electrons. The lowest BCUT2D eigenvalue weighted by Gasteiger charge is -2.49. The van der Waals surface area contributed by atoms with Crippen molar-refractivity contribution in [2.75, 3.05) is 18.4 Å². The topological polar surface area (TPSA) is 15.3 Å². The van der Waals surface area contributed by atoms with E-state index >= 15 is 0 Å². The zero-order chi connectivity index (χ0) is 15.0. The Morgan fingerprint density at radius 3 is 2.48 bits per heavy atom. The number of benzene rings is 1. The number of rotatable bonds is 3. The molecule has 0 aromatic heterocycles. The van der Waals surface area contributed by atoms with Crippen LogP contribution >= 0.6 is 11.6 Å². The molecule has 2 atom stereocenters. The first-order valence-corrected chi connectivity index (χ1v) is 8.69. The Labute approximate surface area is 133 Å². The summed E-state index contributed by atoms with van der Waals surface area (Å²) in [7, 11) is 0. The first-order chi connectivity index (χ1) is 10.1. The van der Waals surface area contributed by atoms with Crippen LogP contribution in [0.5, 0.6) is 0 Å². The summed E-state index contributed by atoms with van der Waals surface area (Å²) < 4.78 is 0. The normalized spacial score (nSPS) is 29.7. The van der Waals surface area contributed by atoms with Crippen molar-refractivity contribution in [2.24, 2.45) is 11.8 Å². The molecule has 1 saturated carbocycles. The van der Waals surface area contributed by atoms with Gasteiger partial charge in [-0.25, -0.2) is 0 Å². The highest BCUT2D eigenvalue weighted by Gasteiger charge is 2.40. The maximum absolute atomic E-state index is 6.27. The Kier molecular flexibility index (Phi) is 4.46. The second-order valence-electron chi connectivity index (χ2n) is 7.08. The second-order valence-corrected chi connectivity index (χ2v) is 7.49. The van der Waals surface area contributed by atoms with Crippen LogP contribution in [0.2, 0.25) is 5.02 Å². The number of likely N-dealkylation sites (tertiary alicyclic amines) is 1. The predicted molar refractivity (Wildman–Crippen MR) is 91.1 cm³/mol. The summed E-state index contributed by atoms with van der Waals surface area (Å²) in [6.45, 7) is 9.25. The van der Waals surface area contributed by atoms with Gasteiger partial charge in [0.15, 0.2) is 0 Å². The predicted octanol–water partition coefficient (Wildman–Crippen LogP) is 4.57. The van der Waals surface area contributed by atoms with Crippen LogP contribution in [0.15, 0.2) is 18.2 Å². The van der Waals surface area contributed by atoms with Gasteiger partial charge in [-0.05, 0) is 63.1 Å². The van der Waals surface area contributed by atoms with Crippen molar-refractivity contribution in [1.29, 1.82) is 0 Å². The van der Waals surface area contributed by atoms with Crippen molar-refractivity contribution in [2.45, 2.75) is 52.1 Å². The van der Waals surface area contributed by atoms with Gasteiger partial charge in [0.05, 0.1) is 0 Å². The second kappa shape index (κ2) is 6.18. The number of halogens is 1. The molecule has 0 amide bonds. The van der Waals surface area contributed by atoms with Gasteiger partial charge in [0.25, 0.3) is 0 Å². The maximum atomic E-state index is 6.27. The van der Waals surface area contributed by atoms with E-state index < -0.39 is 0 Å². The van der Waals surface area contributed by atoms with Crippen LogP contribution in [0.25, 0.3) is 0 Å². The summed E-state index contributed by atoms with van der Waals surface area (Å²) in [5.74, 6) is 1.55. The zero-order valence-electron chi connectivity index (χ0n) is 13.4. The molecule has 1 N–H and O–H groups in total. The lowest BCUT2D eigenvalue weighted by atomic mass is 9.73. The molecular weight excluding hydrogens is 280 g/mol. The summed E-state index contributed by atoms with van der Waals surface area (Å²) in [6.07, 6.45) is 4.11. The number of anilines is 1. The number of nitrogens with zero attached hydrogens (tertiary/aromatic N) is 1. The fourth-order valence-electron chi connectivity index (χ4n) is 4.07. The van der Waals surface area contributed by atoms with Gasteiger partial charge in [0, 0.05) is 35.9 Å². The standard InChI is InChI=1S/C18H27ClN2/c1-12(2)21-10-14-6-4-7-15(11-21)18(14)20-17-9-5-8-16(19)13(17)3/h5,8-9,12,14-15,18,20H,4,6-7,10-11H2,1-3H3. The van der Waals surface area contributed by atoms with Gasteiger partial charge in [0.2, 0.25) is 0 Å². The van der Waals surface area contributed by atoms with Crippen LogP contribution in [-0.2, 0) is 0 Å². The monoisotopic (exact) mass is 306 g/mol. The van der Waals surface area contributed by atoms with E-state index in [-0.39, 0.29) is 0 Å². The van der Waals surface area contributed by atoms with Crippen molar-refractivity contribution >= 4 is 17.3 Å². The van der Waals surface area contributed by atoms with Crippen LogP contribution in [-0.4, -0.2) is 30.1 Å². The van der Waals surface area contributed by atoms with Crippen molar-refractivity contribution in [3.05, 3.63) is 28.8 Å². The highest BCUT2D eigenvalue weighted by Crippen LogP contribution is 2.38. The minimum Gasteiger partial charge on any atom is -0.381 e. The van der Waals surface area contributed by atoms with Gasteiger partial charge in [0.1, 0.15) is 0 Å². The van der Waals surface area contributed by atoms with Gasteiger partial charge < -0.3 is 10.2 Å². The fourth-order valence-corrected chi connectivity index (χ4v) is 4.25. The average molecular weight is 307 g/mol. The number of nitrogens with one attached hydrogen (secondary N) is 1. The Balaban J connectivity index is 1.78. The summed E-state index contributed by atoms with van der Waals surface area (Å²) >= 11 is 6.27. The third-order valence-electron chi connectivity index (χ3n) is 5.42. The summed E-state index contributed by atoms with van der Waals surface area (Å²) in [6, 6.07) is 7.49. The number of piperidine rings is 1. The van der Waals surface area contributed by atoms with Crippen molar-refractivity contribution in [1.82, 2.24) is 4.90 Å². The molecule has 0 spiro atoms. The van der Waals surface area contributed by atoms with Crippen molar-refractivity contribution in [3.8, 4) is 0 Å². The number of fused-ring (bicyclic) bond motifs is 2. The van der Waals surface area contributed by atoms with E-state index in [4.69, 9.17) is 11.6 Å². The van der Waals surface area contributed by atoms with Crippen LogP contribution in [0, 0.1) is 18.8 Å². The average Bonchev–Trinajstić information content (AvgIpc) is 2.43. The third-order valence-corrected chi connectivity index (χ3v) is 5.83. The van der Waals surface area contributed by atoms with E-state index in [9.17, 15) is 0 Å². The summed E-state index contributed by atoms with van der Waals surface area (Å²) in [4.78, 5) is 2.66. The molecule has 2 bridgehead atoms. The first kappa shape index (κ1) is 15.2. The van der Waals surface area contributed by atoms with Gasteiger partial charge in [-0.3, -0.25) is 0 Å². The molecule has 3 heteroatoms. The third kappa shape index (κ3) is 3.07. The zero-order valence-corrected chi connectivity index (χ0v) is 14.2. The Bertz CT molecular complexity index is 486. The summed E-state index contributed by atoms with van der Waals surface area (Å²) in [5, 5.41) is 4.71. The van der Waals surface area contributed by atoms with Crippen molar-refractivity contribution < 1.29 is 0 Å². The van der Waals surface area contributed by atoms with Crippen LogP contribution < -0.4 is 5.32 Å². The molecule has 2 fully saturated rings. The lowest BCUT2D eigenvalue weighted by molar-refractivity contribution is 0.0518. The van der Waals surface area contributed by atoms with Gasteiger partial charge in [-0.15, -0.1) is 0 Å². The maximum Gasteiger partial charge on any atom is 0.0455 e. The molecular formula is C18H27ClN2. The summed E-state index contributed by atoms with van der Waals surface area (Å²) in [5.41, 5.74) is 2.41. The van der Waals surface area contributed by atoms with Gasteiger partial charge in [-0.1, -0.05) is 24.1 Å². The number of hydrogen-bond donors (Lipinski definition) is 1. The van der Waals surface area contributed by atoms with Gasteiger partial charge >= 0.3 is 0 Å². The minimum absolute atomic E-state index is 0.617. The molecule has 2 aliphatic rings. The highest BCUT2D eigenvalue weighted by atomic mass is 35.5. The smallest absolute Gasteiger partial charge is 0.0455 e. The molecule has 1 aliphatic carbocycles. The largest absolute Gasteiger partial charge is 0.381 e. The molecule has 1 heterocycles. The van der Waals surface area contributed by atoms with E-state index in [1.54, 1.807) is 0 Å². The lowest BCUT2D eigenvalue weighted by Crippen LogP contribution is -2.56. The molecule has 1 aliphatic heterocycles. The molecule has 1 aromatic rings. The molecule has 3 rings (SSSR count). The quantitative estimate of drug-likeness (QED) is 0.880. The van der Waals surface area contributed by atoms with E-state index in [0.29, 0.717) is 12.1 Å². The first-order valence-electron chi connectivity index (χ1n) is 8.32. The molecule has 2 unspecified atom stereocenters.